The molecule has 31 heavy (non-hydrogen) atoms. The smallest absolute Gasteiger partial charge is 0.410 e. The van der Waals surface area contributed by atoms with Gasteiger partial charge in [0.05, 0.1) is 0 Å². The second kappa shape index (κ2) is 7.98. The number of likely N-dealkylation sites (tertiary alicyclic amines) is 1. The molecular weight excluding hydrogens is 398 g/mol. The van der Waals surface area contributed by atoms with E-state index in [2.05, 4.69) is 5.32 Å². The zero-order chi connectivity index (χ0) is 22.3. The average Bonchev–Trinajstić information content (AvgIpc) is 2.95. The van der Waals surface area contributed by atoms with Gasteiger partial charge in [-0.3, -0.25) is 19.7 Å². The summed E-state index contributed by atoms with van der Waals surface area (Å²) < 4.78 is 5.39. The number of carbonyl (C=O) groups is 4. The number of ether oxygens (including phenoxy) is 1. The number of amides is 4. The summed E-state index contributed by atoms with van der Waals surface area (Å²) in [6.45, 7) is 7.40. The molecule has 0 aromatic heterocycles. The Morgan fingerprint density at radius 2 is 1.94 bits per heavy atom. The fraction of sp³-hybridized carbons (Fsp3) is 0.565. The van der Waals surface area contributed by atoms with E-state index in [9.17, 15) is 19.2 Å². The molecule has 3 heterocycles. The Bertz CT molecular complexity index is 930. The maximum Gasteiger partial charge on any atom is 0.410 e. The molecule has 0 bridgehead atoms. The van der Waals surface area contributed by atoms with Gasteiger partial charge in [0.2, 0.25) is 11.8 Å². The lowest BCUT2D eigenvalue weighted by molar-refractivity contribution is -0.136. The van der Waals surface area contributed by atoms with Gasteiger partial charge in [-0.15, -0.1) is 0 Å². The van der Waals surface area contributed by atoms with Gasteiger partial charge >= 0.3 is 6.09 Å². The number of nitrogens with zero attached hydrogens (tertiary/aromatic N) is 2. The Hall–Kier alpha value is -2.90. The van der Waals surface area contributed by atoms with Crippen LogP contribution in [0.5, 0.6) is 0 Å². The van der Waals surface area contributed by atoms with Crippen LogP contribution < -0.4 is 5.32 Å². The minimum atomic E-state index is -0.588. The topological polar surface area (TPSA) is 96.0 Å². The second-order valence-corrected chi connectivity index (χ2v) is 9.68. The van der Waals surface area contributed by atoms with Gasteiger partial charge in [0.1, 0.15) is 11.6 Å². The van der Waals surface area contributed by atoms with Crippen molar-refractivity contribution in [3.63, 3.8) is 0 Å². The first kappa shape index (κ1) is 21.3. The average molecular weight is 428 g/mol. The van der Waals surface area contributed by atoms with Gasteiger partial charge in [-0.25, -0.2) is 4.79 Å². The molecule has 4 amide bonds. The van der Waals surface area contributed by atoms with E-state index >= 15 is 0 Å². The van der Waals surface area contributed by atoms with Crippen LogP contribution in [-0.4, -0.2) is 58.3 Å². The summed E-state index contributed by atoms with van der Waals surface area (Å²) in [5.74, 6) is -0.378. The van der Waals surface area contributed by atoms with E-state index < -0.39 is 17.6 Å². The molecule has 3 aliphatic rings. The predicted octanol–water partition coefficient (Wildman–Crippen LogP) is 2.25. The fourth-order valence-corrected chi connectivity index (χ4v) is 4.38. The van der Waals surface area contributed by atoms with E-state index in [4.69, 9.17) is 4.74 Å². The van der Waals surface area contributed by atoms with E-state index in [1.165, 1.54) is 0 Å². The Labute approximate surface area is 181 Å². The van der Waals surface area contributed by atoms with Crippen LogP contribution in [0.4, 0.5) is 4.79 Å². The van der Waals surface area contributed by atoms with E-state index in [1.54, 1.807) is 9.80 Å². The molecule has 8 nitrogen and oxygen atoms in total. The number of hydrogen-bond donors (Lipinski definition) is 1. The van der Waals surface area contributed by atoms with Gasteiger partial charge in [0.25, 0.3) is 5.91 Å². The molecule has 0 spiro atoms. The number of fused-ring (bicyclic) bond motifs is 1. The van der Waals surface area contributed by atoms with E-state index in [1.807, 2.05) is 39.0 Å². The van der Waals surface area contributed by atoms with Crippen molar-refractivity contribution in [2.75, 3.05) is 13.1 Å². The van der Waals surface area contributed by atoms with Gasteiger partial charge in [0, 0.05) is 31.6 Å². The SMILES string of the molecule is CC(C)(C)OC(=O)N1CC(CCc2ccc3c(c2)CN(C2CCC(=O)NC2=O)C3=O)C1. The van der Waals surface area contributed by atoms with Crippen LogP contribution in [-0.2, 0) is 27.3 Å². The summed E-state index contributed by atoms with van der Waals surface area (Å²) in [6, 6.07) is 5.26. The van der Waals surface area contributed by atoms with Crippen LogP contribution in [0, 0.1) is 5.92 Å². The third-order valence-corrected chi connectivity index (χ3v) is 6.04. The van der Waals surface area contributed by atoms with Crippen LogP contribution >= 0.6 is 0 Å². The zero-order valence-corrected chi connectivity index (χ0v) is 18.3. The lowest BCUT2D eigenvalue weighted by atomic mass is 9.92. The molecule has 1 aromatic rings. The quantitative estimate of drug-likeness (QED) is 0.744. The van der Waals surface area contributed by atoms with Crippen LogP contribution in [0.15, 0.2) is 18.2 Å². The van der Waals surface area contributed by atoms with Gasteiger partial charge in [-0.05, 0) is 63.1 Å². The maximum atomic E-state index is 12.8. The second-order valence-electron chi connectivity index (χ2n) is 9.68. The molecule has 1 N–H and O–H groups in total. The van der Waals surface area contributed by atoms with Gasteiger partial charge in [-0.2, -0.15) is 0 Å². The number of carbonyl (C=O) groups excluding carboxylic acids is 4. The summed E-state index contributed by atoms with van der Waals surface area (Å²) in [6.07, 6.45) is 2.19. The van der Waals surface area contributed by atoms with Crippen molar-refractivity contribution in [2.45, 2.75) is 64.6 Å². The highest BCUT2D eigenvalue weighted by molar-refractivity contribution is 6.05. The molecule has 0 aliphatic carbocycles. The standard InChI is InChI=1S/C23H29N3O5/c1-23(2,3)31-22(30)25-11-15(12-25)5-4-14-6-7-17-16(10-14)13-26(21(17)29)18-8-9-19(27)24-20(18)28/h6-7,10,15,18H,4-5,8-9,11-13H2,1-3H3,(H,24,27,28). The minimum Gasteiger partial charge on any atom is -0.444 e. The predicted molar refractivity (Wildman–Crippen MR) is 112 cm³/mol. The molecule has 1 aromatic carbocycles. The summed E-state index contributed by atoms with van der Waals surface area (Å²) >= 11 is 0. The first-order chi connectivity index (χ1) is 14.6. The van der Waals surface area contributed by atoms with Crippen molar-refractivity contribution >= 4 is 23.8 Å². The summed E-state index contributed by atoms with van der Waals surface area (Å²) in [5.41, 5.74) is 2.22. The van der Waals surface area contributed by atoms with Crippen LogP contribution in [0.2, 0.25) is 0 Å². The van der Waals surface area contributed by atoms with Crippen LogP contribution in [0.3, 0.4) is 0 Å². The Morgan fingerprint density at radius 1 is 1.19 bits per heavy atom. The minimum absolute atomic E-state index is 0.150. The molecule has 0 radical (unpaired) electrons. The highest BCUT2D eigenvalue weighted by Gasteiger charge is 2.39. The molecule has 166 valence electrons. The van der Waals surface area contributed by atoms with Crippen molar-refractivity contribution in [3.05, 3.63) is 34.9 Å². The van der Waals surface area contributed by atoms with Crippen molar-refractivity contribution < 1.29 is 23.9 Å². The molecular formula is C23H29N3O5. The highest BCUT2D eigenvalue weighted by atomic mass is 16.6. The third kappa shape index (κ3) is 4.57. The zero-order valence-electron chi connectivity index (χ0n) is 18.3. The van der Waals surface area contributed by atoms with E-state index in [0.717, 1.165) is 24.0 Å². The number of imide groups is 1. The number of hydrogen-bond acceptors (Lipinski definition) is 5. The number of aryl methyl sites for hydroxylation is 1. The van der Waals surface area contributed by atoms with E-state index in [-0.39, 0.29) is 24.3 Å². The summed E-state index contributed by atoms with van der Waals surface area (Å²) in [5, 5.41) is 2.33. The molecule has 8 heteroatoms. The first-order valence-corrected chi connectivity index (χ1v) is 10.8. The largest absolute Gasteiger partial charge is 0.444 e. The van der Waals surface area contributed by atoms with Crippen molar-refractivity contribution in [1.29, 1.82) is 0 Å². The number of nitrogens with one attached hydrogen (secondary N) is 1. The summed E-state index contributed by atoms with van der Waals surface area (Å²) in [7, 11) is 0. The number of benzene rings is 1. The Morgan fingerprint density at radius 3 is 2.61 bits per heavy atom. The van der Waals surface area contributed by atoms with Crippen molar-refractivity contribution in [2.24, 2.45) is 5.92 Å². The van der Waals surface area contributed by atoms with Crippen molar-refractivity contribution in [1.82, 2.24) is 15.1 Å². The number of piperidine rings is 1. The third-order valence-electron chi connectivity index (χ3n) is 6.04. The normalized spacial score (nSPS) is 21.6. The first-order valence-electron chi connectivity index (χ1n) is 10.8. The van der Waals surface area contributed by atoms with Crippen LogP contribution in [0.25, 0.3) is 0 Å². The Balaban J connectivity index is 1.30. The van der Waals surface area contributed by atoms with E-state index in [0.29, 0.717) is 37.5 Å². The Kier molecular flexibility index (Phi) is 5.49. The fourth-order valence-electron chi connectivity index (χ4n) is 4.38. The van der Waals surface area contributed by atoms with Gasteiger partial charge in [0.15, 0.2) is 0 Å². The number of rotatable bonds is 4. The molecule has 0 saturated carbocycles. The maximum absolute atomic E-state index is 12.8. The molecule has 1 unspecified atom stereocenters. The molecule has 3 aliphatic heterocycles. The molecule has 4 rings (SSSR count). The monoisotopic (exact) mass is 427 g/mol. The van der Waals surface area contributed by atoms with Crippen LogP contribution in [0.1, 0.15) is 61.5 Å². The lowest BCUT2D eigenvalue weighted by Gasteiger charge is -2.39. The highest BCUT2D eigenvalue weighted by Crippen LogP contribution is 2.29. The van der Waals surface area contributed by atoms with Gasteiger partial charge in [-0.1, -0.05) is 12.1 Å². The lowest BCUT2D eigenvalue weighted by Crippen LogP contribution is -2.52. The van der Waals surface area contributed by atoms with Crippen molar-refractivity contribution in [3.8, 4) is 0 Å². The summed E-state index contributed by atoms with van der Waals surface area (Å²) in [4.78, 5) is 51.7. The molecule has 2 saturated heterocycles. The molecule has 2 fully saturated rings. The molecule has 1 atom stereocenters. The van der Waals surface area contributed by atoms with Gasteiger partial charge < -0.3 is 14.5 Å².